The Labute approximate surface area is 269 Å². The van der Waals surface area contributed by atoms with Crippen LogP contribution in [0.2, 0.25) is 0 Å². The van der Waals surface area contributed by atoms with Crippen LogP contribution in [0.4, 0.5) is 29.3 Å². The molecule has 0 unspecified atom stereocenters. The quantitative estimate of drug-likeness (QED) is 0.208. The highest BCUT2D eigenvalue weighted by Crippen LogP contribution is 2.30. The van der Waals surface area contributed by atoms with Crippen molar-refractivity contribution < 1.29 is 34.4 Å². The van der Waals surface area contributed by atoms with E-state index < -0.39 is 43.5 Å². The highest BCUT2D eigenvalue weighted by atomic mass is 32.2. The predicted octanol–water partition coefficient (Wildman–Crippen LogP) is 3.78. The third-order valence-electron chi connectivity index (χ3n) is 7.55. The summed E-state index contributed by atoms with van der Waals surface area (Å²) in [5, 5.41) is 10.3. The normalized spacial score (nSPS) is 15.3. The maximum Gasteiger partial charge on any atom is 0.405 e. The summed E-state index contributed by atoms with van der Waals surface area (Å²) in [6.07, 6.45) is -4.59. The van der Waals surface area contributed by atoms with Crippen molar-refractivity contribution in [2.75, 3.05) is 43.4 Å². The molecule has 18 heteroatoms. The van der Waals surface area contributed by atoms with E-state index >= 15 is 0 Å². The van der Waals surface area contributed by atoms with Gasteiger partial charge in [0.15, 0.2) is 5.82 Å². The number of primary sulfonamides is 1. The minimum Gasteiger partial charge on any atom is -0.359 e. The monoisotopic (exact) mass is 696 g/mol. The summed E-state index contributed by atoms with van der Waals surface area (Å²) in [5.74, 6) is -1.23. The minimum absolute atomic E-state index is 0.0339. The van der Waals surface area contributed by atoms with Gasteiger partial charge < -0.3 is 10.6 Å². The summed E-state index contributed by atoms with van der Waals surface area (Å²) in [4.78, 5) is 14.5. The fraction of sp³-hybridized carbons (Fsp3) is 0.345. The number of rotatable bonds is 10. The van der Waals surface area contributed by atoms with Gasteiger partial charge in [-0.05, 0) is 61.9 Å². The zero-order valence-electron chi connectivity index (χ0n) is 25.3. The van der Waals surface area contributed by atoms with Gasteiger partial charge in [0.05, 0.1) is 16.1 Å². The van der Waals surface area contributed by atoms with Crippen LogP contribution in [0.1, 0.15) is 19.4 Å². The molecule has 0 radical (unpaired) electrons. The first-order valence-corrected chi connectivity index (χ1v) is 17.4. The molecule has 12 nitrogen and oxygen atoms in total. The topological polar surface area (TPSA) is 164 Å². The van der Waals surface area contributed by atoms with Crippen molar-refractivity contribution in [3.63, 3.8) is 0 Å². The van der Waals surface area contributed by atoms with E-state index in [1.807, 2.05) is 13.8 Å². The van der Waals surface area contributed by atoms with Gasteiger partial charge in [-0.15, -0.1) is 0 Å². The molecule has 4 aromatic rings. The van der Waals surface area contributed by atoms with Gasteiger partial charge in [-0.1, -0.05) is 12.1 Å². The zero-order chi connectivity index (χ0) is 34.1. The lowest BCUT2D eigenvalue weighted by molar-refractivity contribution is -0.115. The van der Waals surface area contributed by atoms with Crippen LogP contribution in [0.25, 0.3) is 22.3 Å². The predicted molar refractivity (Wildman–Crippen MR) is 168 cm³/mol. The summed E-state index contributed by atoms with van der Waals surface area (Å²) in [5.41, 5.74) is 1.13. The Morgan fingerprint density at radius 1 is 0.894 bits per heavy atom. The summed E-state index contributed by atoms with van der Waals surface area (Å²) < 4.78 is 106. The van der Waals surface area contributed by atoms with Crippen molar-refractivity contribution in [1.82, 2.24) is 24.2 Å². The van der Waals surface area contributed by atoms with Crippen LogP contribution >= 0.6 is 0 Å². The van der Waals surface area contributed by atoms with Crippen molar-refractivity contribution in [3.05, 3.63) is 66.0 Å². The van der Waals surface area contributed by atoms with Crippen molar-refractivity contribution >= 4 is 42.8 Å². The molecule has 0 atom stereocenters. The summed E-state index contributed by atoms with van der Waals surface area (Å²) in [6, 6.07) is 12.4. The number of hydrogen-bond donors (Lipinski definition) is 3. The van der Waals surface area contributed by atoms with Crippen LogP contribution in [-0.2, 0) is 26.6 Å². The Bertz CT molecular complexity index is 1990. The molecule has 252 valence electrons. The summed E-state index contributed by atoms with van der Waals surface area (Å²) >= 11 is 0. The molecule has 5 rings (SSSR count). The number of anilines is 2. The number of benzene rings is 2. The lowest BCUT2D eigenvalue weighted by atomic mass is 10.1. The number of fused-ring (bicyclic) bond motifs is 1. The number of piperazine rings is 1. The molecule has 2 aromatic carbocycles. The fourth-order valence-corrected chi connectivity index (χ4v) is 7.03. The highest BCUT2D eigenvalue weighted by Gasteiger charge is 2.32. The number of hydrogen-bond acceptors (Lipinski definition) is 10. The van der Waals surface area contributed by atoms with Crippen LogP contribution in [0, 0.1) is 5.82 Å². The van der Waals surface area contributed by atoms with E-state index in [1.165, 1.54) is 46.8 Å². The first kappa shape index (κ1) is 34.4. The largest absolute Gasteiger partial charge is 0.405 e. The molecular formula is C29H32F4N8O4S2. The van der Waals surface area contributed by atoms with Crippen LogP contribution < -0.4 is 15.8 Å². The molecule has 0 saturated carbocycles. The van der Waals surface area contributed by atoms with Crippen molar-refractivity contribution in [1.29, 1.82) is 0 Å². The van der Waals surface area contributed by atoms with Gasteiger partial charge in [0.1, 0.15) is 22.8 Å². The van der Waals surface area contributed by atoms with Gasteiger partial charge in [-0.3, -0.25) is 4.90 Å². The Kier molecular flexibility index (Phi) is 9.70. The Hall–Kier alpha value is -3.97. The second kappa shape index (κ2) is 13.3. The summed E-state index contributed by atoms with van der Waals surface area (Å²) in [7, 11) is -8.08. The number of nitrogens with two attached hydrogens (primary N) is 1. The molecule has 0 spiro atoms. The van der Waals surface area contributed by atoms with E-state index in [1.54, 1.807) is 0 Å². The summed E-state index contributed by atoms with van der Waals surface area (Å²) in [6.45, 7) is 4.08. The van der Waals surface area contributed by atoms with Gasteiger partial charge in [-0.25, -0.2) is 36.3 Å². The lowest BCUT2D eigenvalue weighted by Crippen LogP contribution is -2.50. The third-order valence-corrected chi connectivity index (χ3v) is 10.4. The van der Waals surface area contributed by atoms with E-state index in [-0.39, 0.29) is 64.6 Å². The SMILES string of the molecule is CC(C)N1CCN(S(=O)(=O)c2cc(-c3ccc4nc(NCc5ccc(S(N)(=O)=O)cc5)nc(NCC(F)(F)F)c4n3)ccc2F)CC1. The molecule has 0 aliphatic carbocycles. The molecule has 1 aliphatic heterocycles. The second-order valence-electron chi connectivity index (χ2n) is 11.2. The zero-order valence-corrected chi connectivity index (χ0v) is 26.9. The van der Waals surface area contributed by atoms with Gasteiger partial charge in [0.2, 0.25) is 26.0 Å². The van der Waals surface area contributed by atoms with E-state index in [0.717, 1.165) is 12.1 Å². The van der Waals surface area contributed by atoms with Crippen LogP contribution in [0.15, 0.2) is 64.4 Å². The van der Waals surface area contributed by atoms with E-state index in [2.05, 4.69) is 30.5 Å². The molecule has 0 amide bonds. The molecule has 1 saturated heterocycles. The molecule has 2 aromatic heterocycles. The molecule has 4 N–H and O–H groups in total. The molecule has 47 heavy (non-hydrogen) atoms. The standard InChI is InChI=1S/C29H32F4N8O4S2/c1-18(2)40-11-13-41(14-12-40)47(44,45)25-15-20(5-8-22(25)30)23-9-10-24-26(37-23)27(36-17-29(31,32)33)39-28(38-24)35-16-19-3-6-21(7-4-19)46(34,42)43/h3-10,15,18H,11-14,16-17H2,1-2H3,(H2,34,42,43)(H2,35,36,38,39). The van der Waals surface area contributed by atoms with Gasteiger partial charge in [-0.2, -0.15) is 22.5 Å². The third kappa shape index (κ3) is 8.13. The van der Waals surface area contributed by atoms with Gasteiger partial charge >= 0.3 is 6.18 Å². The van der Waals surface area contributed by atoms with Crippen LogP contribution in [-0.4, -0.2) is 85.9 Å². The number of sulfonamides is 2. The average molecular weight is 697 g/mol. The highest BCUT2D eigenvalue weighted by molar-refractivity contribution is 7.89. The maximum absolute atomic E-state index is 15.0. The van der Waals surface area contributed by atoms with Crippen LogP contribution in [0.5, 0.6) is 0 Å². The van der Waals surface area contributed by atoms with Crippen molar-refractivity contribution in [2.45, 2.75) is 42.4 Å². The molecule has 0 bridgehead atoms. The van der Waals surface area contributed by atoms with E-state index in [4.69, 9.17) is 5.14 Å². The van der Waals surface area contributed by atoms with Gasteiger partial charge in [0, 0.05) is 44.3 Å². The number of nitrogens with zero attached hydrogens (tertiary/aromatic N) is 5. The first-order valence-electron chi connectivity index (χ1n) is 14.4. The minimum atomic E-state index is -4.59. The van der Waals surface area contributed by atoms with E-state index in [9.17, 15) is 34.4 Å². The van der Waals surface area contributed by atoms with Gasteiger partial charge in [0.25, 0.3) is 0 Å². The van der Waals surface area contributed by atoms with E-state index in [0.29, 0.717) is 18.7 Å². The average Bonchev–Trinajstić information content (AvgIpc) is 3.02. The number of halogens is 4. The second-order valence-corrected chi connectivity index (χ2v) is 14.6. The number of nitrogens with one attached hydrogen (secondary N) is 2. The lowest BCUT2D eigenvalue weighted by Gasteiger charge is -2.36. The first-order chi connectivity index (χ1) is 22.0. The van der Waals surface area contributed by atoms with Crippen molar-refractivity contribution in [2.24, 2.45) is 5.14 Å². The smallest absolute Gasteiger partial charge is 0.359 e. The Balaban J connectivity index is 1.45. The van der Waals surface area contributed by atoms with Crippen molar-refractivity contribution in [3.8, 4) is 11.3 Å². The molecule has 3 heterocycles. The fourth-order valence-electron chi connectivity index (χ4n) is 5.00. The molecule has 1 aliphatic rings. The Morgan fingerprint density at radius 2 is 1.57 bits per heavy atom. The number of aromatic nitrogens is 3. The number of alkyl halides is 3. The molecule has 1 fully saturated rings. The van der Waals surface area contributed by atoms with Crippen LogP contribution in [0.3, 0.4) is 0 Å². The number of pyridine rings is 1. The Morgan fingerprint density at radius 3 is 2.19 bits per heavy atom. The maximum atomic E-state index is 15.0. The molecular weight excluding hydrogens is 664 g/mol.